The first kappa shape index (κ1) is 15.3. The number of fused-ring (bicyclic) bond motifs is 1. The molecule has 20 heavy (non-hydrogen) atoms. The molecule has 110 valence electrons. The second-order valence-electron chi connectivity index (χ2n) is 4.32. The molecular formula is C12H16N2O4S2. The fourth-order valence-electron chi connectivity index (χ4n) is 1.54. The van der Waals surface area contributed by atoms with Crippen LogP contribution in [0.15, 0.2) is 32.7 Å². The lowest BCUT2D eigenvalue weighted by molar-refractivity contribution is 0.296. The highest BCUT2D eigenvalue weighted by molar-refractivity contribution is 7.99. The van der Waals surface area contributed by atoms with Gasteiger partial charge in [-0.05, 0) is 24.6 Å². The maximum atomic E-state index is 12.0. The summed E-state index contributed by atoms with van der Waals surface area (Å²) in [6.45, 7) is 0.123. The Balaban J connectivity index is 2.31. The van der Waals surface area contributed by atoms with Crippen LogP contribution in [0.3, 0.4) is 0 Å². The van der Waals surface area contributed by atoms with Crippen LogP contribution in [-0.4, -0.2) is 49.3 Å². The van der Waals surface area contributed by atoms with Crippen molar-refractivity contribution >= 4 is 32.9 Å². The smallest absolute Gasteiger partial charge is 0.256 e. The predicted molar refractivity (Wildman–Crippen MR) is 77.3 cm³/mol. The first-order chi connectivity index (χ1) is 9.45. The number of aliphatic hydroxyl groups excluding tert-OH is 1. The Morgan fingerprint density at radius 1 is 1.40 bits per heavy atom. The third-order valence-electron chi connectivity index (χ3n) is 2.65. The van der Waals surface area contributed by atoms with Crippen molar-refractivity contribution < 1.29 is 17.9 Å². The highest BCUT2D eigenvalue weighted by atomic mass is 32.2. The second kappa shape index (κ2) is 6.13. The standard InChI is InChI=1S/C12H16N2O4S2/c1-14(2)20(16,17)9-4-5-11-10(8-9)13-12(18-11)19-7-3-6-15/h4-5,8,15H,3,6-7H2,1-2H3. The van der Waals surface area contributed by atoms with E-state index in [-0.39, 0.29) is 11.5 Å². The van der Waals surface area contributed by atoms with E-state index in [0.29, 0.717) is 28.5 Å². The van der Waals surface area contributed by atoms with E-state index in [1.165, 1.54) is 38.0 Å². The summed E-state index contributed by atoms with van der Waals surface area (Å²) in [5, 5.41) is 9.21. The first-order valence-corrected chi connectivity index (χ1v) is 8.44. The number of sulfonamides is 1. The van der Waals surface area contributed by atoms with Gasteiger partial charge in [0.25, 0.3) is 5.22 Å². The zero-order valence-corrected chi connectivity index (χ0v) is 12.9. The lowest BCUT2D eigenvalue weighted by atomic mass is 10.3. The van der Waals surface area contributed by atoms with Gasteiger partial charge >= 0.3 is 0 Å². The van der Waals surface area contributed by atoms with Crippen LogP contribution in [0.25, 0.3) is 11.1 Å². The molecule has 0 fully saturated rings. The Hall–Kier alpha value is -1.09. The number of oxazole rings is 1. The molecular weight excluding hydrogens is 300 g/mol. The van der Waals surface area contributed by atoms with Gasteiger partial charge in [0.2, 0.25) is 10.0 Å². The molecule has 1 aromatic heterocycles. The van der Waals surface area contributed by atoms with Gasteiger partial charge in [-0.2, -0.15) is 0 Å². The number of rotatable bonds is 6. The molecule has 0 aliphatic carbocycles. The van der Waals surface area contributed by atoms with Crippen molar-refractivity contribution in [1.29, 1.82) is 0 Å². The monoisotopic (exact) mass is 316 g/mol. The summed E-state index contributed by atoms with van der Waals surface area (Å²) >= 11 is 1.39. The molecule has 0 bridgehead atoms. The van der Waals surface area contributed by atoms with Crippen molar-refractivity contribution in [3.05, 3.63) is 18.2 Å². The van der Waals surface area contributed by atoms with Gasteiger partial charge in [-0.15, -0.1) is 0 Å². The van der Waals surface area contributed by atoms with E-state index < -0.39 is 10.0 Å². The highest BCUT2D eigenvalue weighted by Gasteiger charge is 2.18. The van der Waals surface area contributed by atoms with Crippen molar-refractivity contribution in [2.45, 2.75) is 16.5 Å². The molecule has 0 atom stereocenters. The molecule has 0 unspecified atom stereocenters. The number of benzene rings is 1. The van der Waals surface area contributed by atoms with E-state index in [1.54, 1.807) is 6.07 Å². The third kappa shape index (κ3) is 3.14. The summed E-state index contributed by atoms with van der Waals surface area (Å²) < 4.78 is 30.7. The lowest BCUT2D eigenvalue weighted by Gasteiger charge is -2.10. The Kier molecular flexibility index (Phi) is 4.69. The quantitative estimate of drug-likeness (QED) is 0.643. The summed E-state index contributed by atoms with van der Waals surface area (Å²) in [6, 6.07) is 4.62. The van der Waals surface area contributed by atoms with E-state index in [1.807, 2.05) is 0 Å². The Bertz CT molecular complexity index is 695. The fourth-order valence-corrected chi connectivity index (χ4v) is 3.23. The number of thioether (sulfide) groups is 1. The van der Waals surface area contributed by atoms with Crippen LogP contribution in [0.4, 0.5) is 0 Å². The van der Waals surface area contributed by atoms with Crippen LogP contribution < -0.4 is 0 Å². The van der Waals surface area contributed by atoms with Crippen LogP contribution in [0.5, 0.6) is 0 Å². The topological polar surface area (TPSA) is 83.6 Å². The minimum atomic E-state index is -3.47. The molecule has 6 nitrogen and oxygen atoms in total. The largest absolute Gasteiger partial charge is 0.431 e. The van der Waals surface area contributed by atoms with E-state index >= 15 is 0 Å². The Labute approximate surface area is 121 Å². The molecule has 1 heterocycles. The molecule has 0 spiro atoms. The van der Waals surface area contributed by atoms with Gasteiger partial charge in [0.1, 0.15) is 5.52 Å². The zero-order chi connectivity index (χ0) is 14.8. The number of aliphatic hydroxyl groups is 1. The molecule has 1 N–H and O–H groups in total. The van der Waals surface area contributed by atoms with Crippen molar-refractivity contribution in [3.8, 4) is 0 Å². The van der Waals surface area contributed by atoms with Crippen LogP contribution in [0, 0.1) is 0 Å². The summed E-state index contributed by atoms with van der Waals surface area (Å²) in [7, 11) is -0.499. The Morgan fingerprint density at radius 3 is 2.80 bits per heavy atom. The van der Waals surface area contributed by atoms with Gasteiger partial charge in [0.15, 0.2) is 5.58 Å². The summed E-state index contributed by atoms with van der Waals surface area (Å²) in [6.07, 6.45) is 0.656. The van der Waals surface area contributed by atoms with Crippen molar-refractivity contribution in [2.75, 3.05) is 26.5 Å². The molecule has 1 aromatic carbocycles. The molecule has 0 saturated carbocycles. The molecule has 0 aliphatic rings. The van der Waals surface area contributed by atoms with E-state index in [2.05, 4.69) is 4.98 Å². The number of hydrogen-bond donors (Lipinski definition) is 1. The normalized spacial score (nSPS) is 12.4. The minimum absolute atomic E-state index is 0.123. The zero-order valence-electron chi connectivity index (χ0n) is 11.2. The van der Waals surface area contributed by atoms with Gasteiger partial charge in [-0.25, -0.2) is 17.7 Å². The van der Waals surface area contributed by atoms with Crippen molar-refractivity contribution in [2.24, 2.45) is 0 Å². The summed E-state index contributed by atoms with van der Waals surface area (Å²) in [5.74, 6) is 0.701. The average Bonchev–Trinajstić information content (AvgIpc) is 2.80. The predicted octanol–water partition coefficient (Wildman–Crippen LogP) is 1.55. The van der Waals surface area contributed by atoms with Gasteiger partial charge in [0, 0.05) is 26.5 Å². The molecule has 2 rings (SSSR count). The maximum absolute atomic E-state index is 12.0. The molecule has 2 aromatic rings. The van der Waals surface area contributed by atoms with Gasteiger partial charge in [0.05, 0.1) is 4.90 Å². The molecule has 0 amide bonds. The summed E-state index contributed by atoms with van der Waals surface area (Å²) in [4.78, 5) is 4.44. The second-order valence-corrected chi connectivity index (χ2v) is 7.52. The van der Waals surface area contributed by atoms with E-state index in [0.717, 1.165) is 4.31 Å². The number of nitrogens with zero attached hydrogens (tertiary/aromatic N) is 2. The Morgan fingerprint density at radius 2 is 2.15 bits per heavy atom. The van der Waals surface area contributed by atoms with Crippen LogP contribution in [0.2, 0.25) is 0 Å². The molecule has 0 saturated heterocycles. The SMILES string of the molecule is CN(C)S(=O)(=O)c1ccc2oc(SCCCO)nc2c1. The van der Waals surface area contributed by atoms with Gasteiger partial charge < -0.3 is 9.52 Å². The van der Waals surface area contributed by atoms with Crippen molar-refractivity contribution in [3.63, 3.8) is 0 Å². The lowest BCUT2D eigenvalue weighted by Crippen LogP contribution is -2.22. The minimum Gasteiger partial charge on any atom is -0.431 e. The van der Waals surface area contributed by atoms with E-state index in [4.69, 9.17) is 9.52 Å². The first-order valence-electron chi connectivity index (χ1n) is 6.02. The average molecular weight is 316 g/mol. The number of aromatic nitrogens is 1. The van der Waals surface area contributed by atoms with Gasteiger partial charge in [-0.3, -0.25) is 0 Å². The van der Waals surface area contributed by atoms with Gasteiger partial charge in [-0.1, -0.05) is 11.8 Å². The third-order valence-corrected chi connectivity index (χ3v) is 5.37. The number of hydrogen-bond acceptors (Lipinski definition) is 6. The van der Waals surface area contributed by atoms with Crippen LogP contribution >= 0.6 is 11.8 Å². The fraction of sp³-hybridized carbons (Fsp3) is 0.417. The van der Waals surface area contributed by atoms with Crippen molar-refractivity contribution in [1.82, 2.24) is 9.29 Å². The molecule has 0 radical (unpaired) electrons. The van der Waals surface area contributed by atoms with Crippen LogP contribution in [-0.2, 0) is 10.0 Å². The highest BCUT2D eigenvalue weighted by Crippen LogP contribution is 2.26. The van der Waals surface area contributed by atoms with E-state index in [9.17, 15) is 8.42 Å². The molecule has 0 aliphatic heterocycles. The summed E-state index contributed by atoms with van der Waals surface area (Å²) in [5.41, 5.74) is 1.06. The molecule has 8 heteroatoms. The maximum Gasteiger partial charge on any atom is 0.256 e. The van der Waals surface area contributed by atoms with Crippen LogP contribution in [0.1, 0.15) is 6.42 Å².